The van der Waals surface area contributed by atoms with E-state index < -0.39 is 6.10 Å². The van der Waals surface area contributed by atoms with Gasteiger partial charge in [-0.05, 0) is 12.0 Å². The van der Waals surface area contributed by atoms with E-state index in [2.05, 4.69) is 4.74 Å². The van der Waals surface area contributed by atoms with Gasteiger partial charge >= 0.3 is 5.97 Å². The number of rotatable bonds is 4. The molecule has 0 aromatic heterocycles. The number of hydrogen-bond acceptors (Lipinski definition) is 4. The second kappa shape index (κ2) is 6.68. The van der Waals surface area contributed by atoms with E-state index in [4.69, 9.17) is 4.74 Å². The van der Waals surface area contributed by atoms with Gasteiger partial charge in [0.05, 0.1) is 19.3 Å². The van der Waals surface area contributed by atoms with Crippen molar-refractivity contribution in [3.63, 3.8) is 0 Å². The summed E-state index contributed by atoms with van der Waals surface area (Å²) in [6, 6.07) is 9.70. The van der Waals surface area contributed by atoms with E-state index in [1.54, 1.807) is 6.08 Å². The van der Waals surface area contributed by atoms with Crippen molar-refractivity contribution in [1.82, 2.24) is 0 Å². The number of carbonyl (C=O) groups is 1. The third-order valence-corrected chi connectivity index (χ3v) is 3.71. The van der Waals surface area contributed by atoms with E-state index in [0.29, 0.717) is 6.42 Å². The Balaban J connectivity index is 2.00. The van der Waals surface area contributed by atoms with Crippen molar-refractivity contribution in [3.05, 3.63) is 48.0 Å². The average Bonchev–Trinajstić information content (AvgIpc) is 2.76. The minimum Gasteiger partial charge on any atom is -0.466 e. The maximum Gasteiger partial charge on any atom is 0.330 e. The molecule has 108 valence electrons. The van der Waals surface area contributed by atoms with E-state index in [9.17, 15) is 9.90 Å². The summed E-state index contributed by atoms with van der Waals surface area (Å²) >= 11 is 0. The highest BCUT2D eigenvalue weighted by molar-refractivity contribution is 5.81. The first-order chi connectivity index (χ1) is 9.63. The Bertz CT molecular complexity index is 469. The molecule has 0 aliphatic carbocycles. The molecule has 0 spiro atoms. The molecule has 1 aliphatic rings. The van der Waals surface area contributed by atoms with Gasteiger partial charge in [-0.3, -0.25) is 0 Å². The molecule has 1 fully saturated rings. The first-order valence-corrected chi connectivity index (χ1v) is 6.76. The summed E-state index contributed by atoms with van der Waals surface area (Å²) in [5, 5.41) is 10.3. The highest BCUT2D eigenvalue weighted by atomic mass is 16.5. The molecule has 0 radical (unpaired) electrons. The van der Waals surface area contributed by atoms with Crippen LogP contribution in [0.15, 0.2) is 42.5 Å². The van der Waals surface area contributed by atoms with Crippen molar-refractivity contribution in [2.45, 2.75) is 31.7 Å². The quantitative estimate of drug-likeness (QED) is 0.677. The molecule has 1 N–H and O–H groups in total. The van der Waals surface area contributed by atoms with Gasteiger partial charge in [0.15, 0.2) is 0 Å². The zero-order valence-corrected chi connectivity index (χ0v) is 11.7. The number of carbonyl (C=O) groups excluding carboxylic acids is 1. The zero-order valence-electron chi connectivity index (χ0n) is 11.7. The molecule has 0 bridgehead atoms. The van der Waals surface area contributed by atoms with Gasteiger partial charge < -0.3 is 14.6 Å². The summed E-state index contributed by atoms with van der Waals surface area (Å²) in [7, 11) is 1.34. The summed E-state index contributed by atoms with van der Waals surface area (Å²) in [5.41, 5.74) is 0.978. The highest BCUT2D eigenvalue weighted by Gasteiger charge is 2.40. The van der Waals surface area contributed by atoms with Gasteiger partial charge in [0.2, 0.25) is 0 Å². The Morgan fingerprint density at radius 3 is 2.75 bits per heavy atom. The Kier molecular flexibility index (Phi) is 4.93. The Hall–Kier alpha value is -1.65. The molecule has 4 atom stereocenters. The van der Waals surface area contributed by atoms with Gasteiger partial charge in [-0.25, -0.2) is 4.79 Å². The molecule has 1 aliphatic heterocycles. The fourth-order valence-corrected chi connectivity index (χ4v) is 2.44. The molecule has 2 rings (SSSR count). The van der Waals surface area contributed by atoms with Crippen molar-refractivity contribution >= 4 is 5.97 Å². The van der Waals surface area contributed by atoms with Crippen LogP contribution in [0.25, 0.3) is 0 Å². The van der Waals surface area contributed by atoms with Crippen LogP contribution in [0.1, 0.15) is 25.0 Å². The van der Waals surface area contributed by atoms with E-state index in [1.807, 2.05) is 37.3 Å². The molecule has 4 nitrogen and oxygen atoms in total. The molecular formula is C16H20O4. The maximum atomic E-state index is 11.0. The fraction of sp³-hybridized carbons (Fsp3) is 0.438. The Labute approximate surface area is 119 Å². The minimum atomic E-state index is -0.533. The smallest absolute Gasteiger partial charge is 0.330 e. The van der Waals surface area contributed by atoms with Crippen LogP contribution in [0.4, 0.5) is 0 Å². The van der Waals surface area contributed by atoms with Gasteiger partial charge in [0.1, 0.15) is 6.10 Å². The molecular weight excluding hydrogens is 256 g/mol. The number of methoxy groups -OCH3 is 1. The van der Waals surface area contributed by atoms with Crippen molar-refractivity contribution < 1.29 is 19.4 Å². The Morgan fingerprint density at radius 2 is 2.10 bits per heavy atom. The predicted molar refractivity (Wildman–Crippen MR) is 75.0 cm³/mol. The summed E-state index contributed by atoms with van der Waals surface area (Å²) in [6.45, 7) is 1.96. The number of aliphatic hydroxyl groups is 1. The molecule has 1 heterocycles. The number of ether oxygens (including phenoxy) is 2. The average molecular weight is 276 g/mol. The Morgan fingerprint density at radius 1 is 1.40 bits per heavy atom. The molecule has 4 heteroatoms. The van der Waals surface area contributed by atoms with Crippen LogP contribution in [0.5, 0.6) is 0 Å². The van der Waals surface area contributed by atoms with Crippen LogP contribution in [-0.4, -0.2) is 30.4 Å². The topological polar surface area (TPSA) is 55.8 Å². The molecule has 1 aromatic rings. The van der Waals surface area contributed by atoms with Crippen LogP contribution in [0.3, 0.4) is 0 Å². The van der Waals surface area contributed by atoms with Crippen LogP contribution < -0.4 is 0 Å². The molecule has 0 amide bonds. The normalized spacial score (nSPS) is 29.8. The van der Waals surface area contributed by atoms with Gasteiger partial charge in [-0.1, -0.05) is 43.3 Å². The minimum absolute atomic E-state index is 0.0162. The second-order valence-electron chi connectivity index (χ2n) is 5.02. The third kappa shape index (κ3) is 3.26. The maximum absolute atomic E-state index is 11.0. The number of hydrogen-bond donors (Lipinski definition) is 1. The predicted octanol–water partition coefficient (Wildman–Crippen LogP) is 2.24. The van der Waals surface area contributed by atoms with E-state index in [0.717, 1.165) is 5.56 Å². The summed E-state index contributed by atoms with van der Waals surface area (Å²) in [5.74, 6) is -0.363. The van der Waals surface area contributed by atoms with E-state index in [-0.39, 0.29) is 24.1 Å². The lowest BCUT2D eigenvalue weighted by molar-refractivity contribution is -0.134. The summed E-state index contributed by atoms with van der Waals surface area (Å²) in [6.07, 6.45) is 2.76. The molecule has 1 saturated heterocycles. The van der Waals surface area contributed by atoms with Crippen LogP contribution in [0.2, 0.25) is 0 Å². The van der Waals surface area contributed by atoms with E-state index >= 15 is 0 Å². The van der Waals surface area contributed by atoms with Crippen LogP contribution in [0, 0.1) is 5.92 Å². The van der Waals surface area contributed by atoms with Crippen molar-refractivity contribution in [3.8, 4) is 0 Å². The van der Waals surface area contributed by atoms with Gasteiger partial charge in [0, 0.05) is 12.0 Å². The largest absolute Gasteiger partial charge is 0.466 e. The summed E-state index contributed by atoms with van der Waals surface area (Å²) in [4.78, 5) is 11.0. The van der Waals surface area contributed by atoms with E-state index in [1.165, 1.54) is 13.2 Å². The monoisotopic (exact) mass is 276 g/mol. The van der Waals surface area contributed by atoms with Crippen LogP contribution in [-0.2, 0) is 14.3 Å². The lowest BCUT2D eigenvalue weighted by Gasteiger charge is -2.15. The number of benzene rings is 1. The first-order valence-electron chi connectivity index (χ1n) is 6.76. The number of esters is 1. The van der Waals surface area contributed by atoms with Gasteiger partial charge in [-0.2, -0.15) is 0 Å². The van der Waals surface area contributed by atoms with Crippen molar-refractivity contribution in [1.29, 1.82) is 0 Å². The van der Waals surface area contributed by atoms with Gasteiger partial charge in [-0.15, -0.1) is 0 Å². The SMILES string of the molecule is COC(=O)/C=C/C[C@@H]1O[C@H](c2ccccc2)[C@H](O)[C@H]1C. The highest BCUT2D eigenvalue weighted by Crippen LogP contribution is 2.38. The molecule has 0 saturated carbocycles. The van der Waals surface area contributed by atoms with Gasteiger partial charge in [0.25, 0.3) is 0 Å². The standard InChI is InChI=1S/C16H20O4/c1-11-13(9-6-10-14(17)19-2)20-16(15(11)18)12-7-4-3-5-8-12/h3-8,10-11,13,15-16,18H,9H2,1-2H3/b10-6+/t11-,13-,15+,16+/m0/s1. The fourth-order valence-electron chi connectivity index (χ4n) is 2.44. The van der Waals surface area contributed by atoms with Crippen LogP contribution >= 0.6 is 0 Å². The number of aliphatic hydroxyl groups excluding tert-OH is 1. The zero-order chi connectivity index (χ0) is 14.5. The second-order valence-corrected chi connectivity index (χ2v) is 5.02. The summed E-state index contributed by atoms with van der Waals surface area (Å²) < 4.78 is 10.5. The van der Waals surface area contributed by atoms with Crippen molar-refractivity contribution in [2.75, 3.05) is 7.11 Å². The van der Waals surface area contributed by atoms with Crippen molar-refractivity contribution in [2.24, 2.45) is 5.92 Å². The molecule has 0 unspecified atom stereocenters. The lowest BCUT2D eigenvalue weighted by atomic mass is 9.94. The third-order valence-electron chi connectivity index (χ3n) is 3.71. The first kappa shape index (κ1) is 14.8. The molecule has 1 aromatic carbocycles. The molecule has 20 heavy (non-hydrogen) atoms. The lowest BCUT2D eigenvalue weighted by Crippen LogP contribution is -2.21.